The number of hydrogen-bond acceptors (Lipinski definition) is 6. The molecule has 2 N–H and O–H groups in total. The minimum Gasteiger partial charge on any atom is -0.465 e. The number of hydrazine groups is 1. The molecular weight excluding hydrogens is 427 g/mol. The van der Waals surface area contributed by atoms with E-state index < -0.39 is 17.8 Å². The van der Waals surface area contributed by atoms with Gasteiger partial charge in [-0.25, -0.2) is 4.79 Å². The van der Waals surface area contributed by atoms with Crippen molar-refractivity contribution in [1.82, 2.24) is 10.9 Å². The van der Waals surface area contributed by atoms with E-state index in [0.717, 1.165) is 6.08 Å². The topological polar surface area (TPSA) is 97.6 Å². The van der Waals surface area contributed by atoms with Crippen molar-refractivity contribution >= 4 is 58.8 Å². The van der Waals surface area contributed by atoms with Crippen molar-refractivity contribution in [2.75, 3.05) is 12.9 Å². The van der Waals surface area contributed by atoms with Crippen molar-refractivity contribution in [2.45, 2.75) is 11.8 Å². The lowest BCUT2D eigenvalue weighted by Gasteiger charge is -2.06. The number of ether oxygens (including phenoxy) is 1. The second-order valence-corrected chi connectivity index (χ2v) is 7.21. The maximum atomic E-state index is 11.8. The third kappa shape index (κ3) is 6.33. The fourth-order valence-electron chi connectivity index (χ4n) is 2.00. The maximum Gasteiger partial charge on any atom is 0.341 e. The Labute approximate surface area is 175 Å². The zero-order chi connectivity index (χ0) is 20.7. The van der Waals surface area contributed by atoms with Gasteiger partial charge in [-0.1, -0.05) is 23.2 Å². The summed E-state index contributed by atoms with van der Waals surface area (Å²) < 4.78 is 9.96. The number of hydrogen-bond donors (Lipinski definition) is 2. The van der Waals surface area contributed by atoms with Crippen molar-refractivity contribution in [3.05, 3.63) is 57.5 Å². The average Bonchev–Trinajstić information content (AvgIpc) is 3.05. The van der Waals surface area contributed by atoms with Gasteiger partial charge < -0.3 is 9.15 Å². The number of benzene rings is 1. The van der Waals surface area contributed by atoms with Gasteiger partial charge in [0.1, 0.15) is 17.1 Å². The monoisotopic (exact) mass is 442 g/mol. The van der Waals surface area contributed by atoms with Gasteiger partial charge >= 0.3 is 5.97 Å². The lowest BCUT2D eigenvalue weighted by Crippen LogP contribution is -2.41. The molecule has 0 bridgehead atoms. The molecule has 0 aliphatic rings. The van der Waals surface area contributed by atoms with Crippen LogP contribution in [0.3, 0.4) is 0 Å². The van der Waals surface area contributed by atoms with E-state index >= 15 is 0 Å². The molecule has 2 amide bonds. The summed E-state index contributed by atoms with van der Waals surface area (Å²) in [6.07, 6.45) is 2.52. The summed E-state index contributed by atoms with van der Waals surface area (Å²) in [7, 11) is 1.26. The number of amides is 2. The van der Waals surface area contributed by atoms with Crippen LogP contribution in [0.1, 0.15) is 21.9 Å². The smallest absolute Gasteiger partial charge is 0.341 e. The van der Waals surface area contributed by atoms with E-state index in [1.165, 1.54) is 31.0 Å². The minimum absolute atomic E-state index is 0.0317. The number of furan rings is 1. The molecule has 0 aliphatic heterocycles. The number of esters is 1. The quantitative estimate of drug-likeness (QED) is 0.306. The molecule has 148 valence electrons. The van der Waals surface area contributed by atoms with E-state index in [-0.39, 0.29) is 11.3 Å². The van der Waals surface area contributed by atoms with E-state index in [1.807, 2.05) is 0 Å². The van der Waals surface area contributed by atoms with Crippen LogP contribution in [0.5, 0.6) is 0 Å². The highest BCUT2D eigenvalue weighted by atomic mass is 35.5. The van der Waals surface area contributed by atoms with E-state index in [0.29, 0.717) is 26.5 Å². The number of nitrogens with one attached hydrogen (secondary N) is 2. The molecule has 2 rings (SSSR count). The van der Waals surface area contributed by atoms with Crippen molar-refractivity contribution in [3.8, 4) is 0 Å². The molecule has 7 nitrogen and oxygen atoms in total. The van der Waals surface area contributed by atoms with Gasteiger partial charge in [0.15, 0.2) is 0 Å². The van der Waals surface area contributed by atoms with Crippen LogP contribution in [0.2, 0.25) is 10.0 Å². The van der Waals surface area contributed by atoms with Crippen LogP contribution in [0.15, 0.2) is 39.7 Å². The molecule has 0 spiro atoms. The van der Waals surface area contributed by atoms with Crippen molar-refractivity contribution < 1.29 is 23.5 Å². The molecule has 2 aromatic rings. The SMILES string of the molecule is COC(=O)c1cc(/C=C/C(=O)NNC(=O)CSc2cc(Cl)ccc2Cl)oc1C. The molecule has 1 aromatic carbocycles. The predicted octanol–water partition coefficient (Wildman–Crippen LogP) is 3.63. The van der Waals surface area contributed by atoms with Crippen LogP contribution in [0, 0.1) is 6.92 Å². The summed E-state index contributed by atoms with van der Waals surface area (Å²) in [6, 6.07) is 6.39. The first-order valence-corrected chi connectivity index (χ1v) is 9.57. The molecule has 0 radical (unpaired) electrons. The summed E-state index contributed by atoms with van der Waals surface area (Å²) in [4.78, 5) is 35.8. The zero-order valence-corrected chi connectivity index (χ0v) is 17.2. The normalized spacial score (nSPS) is 10.7. The molecule has 1 aromatic heterocycles. The Morgan fingerprint density at radius 2 is 1.96 bits per heavy atom. The summed E-state index contributed by atoms with van der Waals surface area (Å²) in [5.41, 5.74) is 4.79. The van der Waals surface area contributed by atoms with Crippen LogP contribution in [0.25, 0.3) is 6.08 Å². The average molecular weight is 443 g/mol. The highest BCUT2D eigenvalue weighted by Crippen LogP contribution is 2.29. The van der Waals surface area contributed by atoms with Gasteiger partial charge in [0.25, 0.3) is 5.91 Å². The first-order valence-electron chi connectivity index (χ1n) is 7.83. The van der Waals surface area contributed by atoms with Crippen LogP contribution < -0.4 is 10.9 Å². The van der Waals surface area contributed by atoms with Crippen molar-refractivity contribution in [2.24, 2.45) is 0 Å². The predicted molar refractivity (Wildman–Crippen MR) is 107 cm³/mol. The minimum atomic E-state index is -0.576. The molecule has 0 unspecified atom stereocenters. The van der Waals surface area contributed by atoms with Gasteiger partial charge in [0, 0.05) is 16.0 Å². The number of methoxy groups -OCH3 is 1. The van der Waals surface area contributed by atoms with Gasteiger partial charge in [-0.05, 0) is 37.3 Å². The van der Waals surface area contributed by atoms with Crippen LogP contribution in [-0.2, 0) is 14.3 Å². The van der Waals surface area contributed by atoms with Crippen LogP contribution in [-0.4, -0.2) is 30.6 Å². The number of aryl methyl sites for hydroxylation is 1. The molecule has 10 heteroatoms. The fourth-order valence-corrected chi connectivity index (χ4v) is 3.29. The molecule has 0 fully saturated rings. The van der Waals surface area contributed by atoms with Crippen LogP contribution in [0.4, 0.5) is 0 Å². The highest BCUT2D eigenvalue weighted by molar-refractivity contribution is 8.00. The Hall–Kier alpha value is -2.42. The Morgan fingerprint density at radius 3 is 2.68 bits per heavy atom. The number of rotatable bonds is 6. The van der Waals surface area contributed by atoms with Crippen molar-refractivity contribution in [3.63, 3.8) is 0 Å². The molecule has 0 aliphatic carbocycles. The first kappa shape index (κ1) is 21.9. The van der Waals surface area contributed by atoms with Crippen molar-refractivity contribution in [1.29, 1.82) is 0 Å². The Kier molecular flexibility index (Phi) is 7.98. The standard InChI is InChI=1S/C18H16Cl2N2O5S/c1-10-13(18(25)26-2)8-12(27-10)4-6-16(23)21-22-17(24)9-28-15-7-11(19)3-5-14(15)20/h3-8H,9H2,1-2H3,(H,21,23)(H,22,24)/b6-4+. The lowest BCUT2D eigenvalue weighted by atomic mass is 10.2. The third-order valence-electron chi connectivity index (χ3n) is 3.32. The van der Waals surface area contributed by atoms with Crippen LogP contribution >= 0.6 is 35.0 Å². The Morgan fingerprint density at radius 1 is 1.21 bits per heavy atom. The second-order valence-electron chi connectivity index (χ2n) is 5.34. The van der Waals surface area contributed by atoms with Gasteiger partial charge in [-0.3, -0.25) is 20.4 Å². The third-order valence-corrected chi connectivity index (χ3v) is 5.05. The lowest BCUT2D eigenvalue weighted by molar-refractivity contribution is -0.125. The molecule has 0 saturated carbocycles. The van der Waals surface area contributed by atoms with Gasteiger partial charge in [-0.15, -0.1) is 11.8 Å². The summed E-state index contributed by atoms with van der Waals surface area (Å²) >= 11 is 13.1. The number of carbonyl (C=O) groups excluding carboxylic acids is 3. The molecular formula is C18H16Cl2N2O5S. The summed E-state index contributed by atoms with van der Waals surface area (Å²) in [5, 5.41) is 0.989. The van der Waals surface area contributed by atoms with E-state index in [1.54, 1.807) is 25.1 Å². The van der Waals surface area contributed by atoms with Gasteiger partial charge in [0.05, 0.1) is 17.9 Å². The maximum absolute atomic E-state index is 11.8. The van der Waals surface area contributed by atoms with E-state index in [4.69, 9.17) is 27.6 Å². The number of carbonyl (C=O) groups is 3. The first-order chi connectivity index (χ1) is 13.3. The molecule has 1 heterocycles. The Bertz CT molecular complexity index is 927. The number of halogens is 2. The Balaban J connectivity index is 1.81. The van der Waals surface area contributed by atoms with E-state index in [2.05, 4.69) is 15.6 Å². The molecule has 0 saturated heterocycles. The second kappa shape index (κ2) is 10.2. The highest BCUT2D eigenvalue weighted by Gasteiger charge is 2.14. The largest absolute Gasteiger partial charge is 0.465 e. The van der Waals surface area contributed by atoms with Gasteiger partial charge in [-0.2, -0.15) is 0 Å². The zero-order valence-electron chi connectivity index (χ0n) is 14.9. The van der Waals surface area contributed by atoms with E-state index in [9.17, 15) is 14.4 Å². The number of thioether (sulfide) groups is 1. The molecule has 28 heavy (non-hydrogen) atoms. The molecule has 0 atom stereocenters. The summed E-state index contributed by atoms with van der Waals surface area (Å²) in [6.45, 7) is 1.60. The fraction of sp³-hybridized carbons (Fsp3) is 0.167. The summed E-state index contributed by atoms with van der Waals surface area (Å²) in [5.74, 6) is -0.834. The van der Waals surface area contributed by atoms with Gasteiger partial charge in [0.2, 0.25) is 5.91 Å².